The van der Waals surface area contributed by atoms with Gasteiger partial charge >= 0.3 is 0 Å². The number of hydrogen-bond acceptors (Lipinski definition) is 3. The average molecular weight is 211 g/mol. The standard InChI is InChI=1S/C12H25N3/c1-10(2)7-11(3)15(6)9-12(4,8-13)14-5/h10-11,14H,7,9H2,1-6H3. The van der Waals surface area contributed by atoms with Crippen LogP contribution in [0.1, 0.15) is 34.1 Å². The first-order chi connectivity index (χ1) is 6.84. The van der Waals surface area contributed by atoms with E-state index in [-0.39, 0.29) is 0 Å². The number of nitrogens with one attached hydrogen (secondary N) is 1. The lowest BCUT2D eigenvalue weighted by Gasteiger charge is -2.32. The number of rotatable bonds is 6. The van der Waals surface area contributed by atoms with Crippen molar-refractivity contribution in [3.05, 3.63) is 0 Å². The molecule has 0 saturated carbocycles. The van der Waals surface area contributed by atoms with Crippen LogP contribution in [0, 0.1) is 17.2 Å². The summed E-state index contributed by atoms with van der Waals surface area (Å²) in [6.45, 7) is 9.37. The van der Waals surface area contributed by atoms with E-state index in [1.165, 1.54) is 6.42 Å². The zero-order valence-corrected chi connectivity index (χ0v) is 11.0. The van der Waals surface area contributed by atoms with Crippen LogP contribution in [-0.4, -0.2) is 37.1 Å². The van der Waals surface area contributed by atoms with E-state index in [0.29, 0.717) is 12.0 Å². The van der Waals surface area contributed by atoms with Crippen molar-refractivity contribution >= 4 is 0 Å². The predicted molar refractivity (Wildman–Crippen MR) is 64.6 cm³/mol. The Labute approximate surface area is 94.5 Å². The van der Waals surface area contributed by atoms with Crippen LogP contribution in [0.2, 0.25) is 0 Å². The van der Waals surface area contributed by atoms with Crippen LogP contribution in [0.4, 0.5) is 0 Å². The highest BCUT2D eigenvalue weighted by Gasteiger charge is 2.25. The van der Waals surface area contributed by atoms with E-state index < -0.39 is 5.54 Å². The van der Waals surface area contributed by atoms with Gasteiger partial charge < -0.3 is 10.2 Å². The highest BCUT2D eigenvalue weighted by molar-refractivity contribution is 5.05. The summed E-state index contributed by atoms with van der Waals surface area (Å²) in [6.07, 6.45) is 1.17. The van der Waals surface area contributed by atoms with Crippen LogP contribution in [0.15, 0.2) is 0 Å². The molecule has 0 amide bonds. The van der Waals surface area contributed by atoms with Crippen molar-refractivity contribution in [2.24, 2.45) is 5.92 Å². The van der Waals surface area contributed by atoms with Crippen molar-refractivity contribution in [3.63, 3.8) is 0 Å². The SMILES string of the molecule is CNC(C)(C#N)CN(C)C(C)CC(C)C. The third-order valence-electron chi connectivity index (χ3n) is 2.93. The molecular weight excluding hydrogens is 186 g/mol. The first-order valence-electron chi connectivity index (χ1n) is 5.65. The van der Waals surface area contributed by atoms with Crippen LogP contribution in [-0.2, 0) is 0 Å². The average Bonchev–Trinajstić information content (AvgIpc) is 2.16. The highest BCUT2D eigenvalue weighted by atomic mass is 15.2. The lowest BCUT2D eigenvalue weighted by Crippen LogP contribution is -2.50. The van der Waals surface area contributed by atoms with Crippen molar-refractivity contribution in [2.75, 3.05) is 20.6 Å². The maximum atomic E-state index is 9.06. The van der Waals surface area contributed by atoms with E-state index in [1.807, 2.05) is 14.0 Å². The second-order valence-corrected chi connectivity index (χ2v) is 5.09. The largest absolute Gasteiger partial charge is 0.302 e. The number of hydrogen-bond donors (Lipinski definition) is 1. The Morgan fingerprint density at radius 1 is 1.40 bits per heavy atom. The Morgan fingerprint density at radius 2 is 1.93 bits per heavy atom. The number of nitrogens with zero attached hydrogens (tertiary/aromatic N) is 2. The third-order valence-corrected chi connectivity index (χ3v) is 2.93. The molecule has 0 spiro atoms. The van der Waals surface area contributed by atoms with Crippen molar-refractivity contribution in [2.45, 2.75) is 45.7 Å². The summed E-state index contributed by atoms with van der Waals surface area (Å²) in [7, 11) is 3.92. The molecule has 88 valence electrons. The predicted octanol–water partition coefficient (Wildman–Crippen LogP) is 1.85. The minimum atomic E-state index is -0.444. The Bertz CT molecular complexity index is 219. The Morgan fingerprint density at radius 3 is 2.27 bits per heavy atom. The van der Waals surface area contributed by atoms with E-state index in [2.05, 4.69) is 44.1 Å². The molecule has 0 fully saturated rings. The minimum absolute atomic E-state index is 0.444. The molecule has 1 N–H and O–H groups in total. The molecule has 3 heteroatoms. The van der Waals surface area contributed by atoms with Gasteiger partial charge in [0.1, 0.15) is 5.54 Å². The van der Waals surface area contributed by atoms with Gasteiger partial charge in [-0.1, -0.05) is 13.8 Å². The lowest BCUT2D eigenvalue weighted by atomic mass is 10.0. The van der Waals surface area contributed by atoms with Gasteiger partial charge in [-0.3, -0.25) is 0 Å². The van der Waals surface area contributed by atoms with Crippen LogP contribution in [0.25, 0.3) is 0 Å². The molecule has 0 rings (SSSR count). The van der Waals surface area contributed by atoms with E-state index >= 15 is 0 Å². The fourth-order valence-electron chi connectivity index (χ4n) is 1.69. The molecule has 3 nitrogen and oxygen atoms in total. The fraction of sp³-hybridized carbons (Fsp3) is 0.917. The van der Waals surface area contributed by atoms with E-state index in [9.17, 15) is 0 Å². The Balaban J connectivity index is 4.23. The van der Waals surface area contributed by atoms with E-state index in [1.54, 1.807) is 0 Å². The summed E-state index contributed by atoms with van der Waals surface area (Å²) >= 11 is 0. The molecule has 0 aromatic heterocycles. The Hall–Kier alpha value is -0.590. The first-order valence-corrected chi connectivity index (χ1v) is 5.65. The zero-order valence-electron chi connectivity index (χ0n) is 11.0. The molecule has 0 aliphatic heterocycles. The molecule has 0 saturated heterocycles. The van der Waals surface area contributed by atoms with Crippen molar-refractivity contribution in [3.8, 4) is 6.07 Å². The van der Waals surface area contributed by atoms with Gasteiger partial charge in [-0.2, -0.15) is 5.26 Å². The van der Waals surface area contributed by atoms with Gasteiger partial charge in [0.05, 0.1) is 6.07 Å². The van der Waals surface area contributed by atoms with Crippen LogP contribution < -0.4 is 5.32 Å². The van der Waals surface area contributed by atoms with Gasteiger partial charge in [0.25, 0.3) is 0 Å². The number of nitriles is 1. The molecule has 0 radical (unpaired) electrons. The molecular formula is C12H25N3. The third kappa shape index (κ3) is 5.15. The zero-order chi connectivity index (χ0) is 12.1. The highest BCUT2D eigenvalue weighted by Crippen LogP contribution is 2.12. The Kier molecular flexibility index (Phi) is 5.85. The molecule has 0 aliphatic rings. The van der Waals surface area contributed by atoms with Gasteiger partial charge in [0, 0.05) is 12.6 Å². The summed E-state index contributed by atoms with van der Waals surface area (Å²) in [5.74, 6) is 0.699. The van der Waals surface area contributed by atoms with Gasteiger partial charge in [-0.05, 0) is 40.3 Å². The van der Waals surface area contributed by atoms with Crippen LogP contribution in [0.3, 0.4) is 0 Å². The monoisotopic (exact) mass is 211 g/mol. The molecule has 0 aliphatic carbocycles. The second-order valence-electron chi connectivity index (χ2n) is 5.09. The van der Waals surface area contributed by atoms with Crippen LogP contribution in [0.5, 0.6) is 0 Å². The van der Waals surface area contributed by atoms with Gasteiger partial charge in [0.2, 0.25) is 0 Å². The van der Waals surface area contributed by atoms with Crippen molar-refractivity contribution in [1.29, 1.82) is 5.26 Å². The summed E-state index contributed by atoms with van der Waals surface area (Å²) in [4.78, 5) is 2.25. The molecule has 15 heavy (non-hydrogen) atoms. The summed E-state index contributed by atoms with van der Waals surface area (Å²) in [5.41, 5.74) is -0.444. The first kappa shape index (κ1) is 14.4. The summed E-state index contributed by atoms with van der Waals surface area (Å²) < 4.78 is 0. The molecule has 0 aromatic rings. The van der Waals surface area contributed by atoms with Crippen molar-refractivity contribution in [1.82, 2.24) is 10.2 Å². The summed E-state index contributed by atoms with van der Waals surface area (Å²) in [6, 6.07) is 2.83. The second kappa shape index (κ2) is 6.09. The topological polar surface area (TPSA) is 39.1 Å². The van der Waals surface area contributed by atoms with Gasteiger partial charge in [0.15, 0.2) is 0 Å². The fourth-order valence-corrected chi connectivity index (χ4v) is 1.69. The lowest BCUT2D eigenvalue weighted by molar-refractivity contribution is 0.192. The molecule has 0 heterocycles. The number of likely N-dealkylation sites (N-methyl/N-ethyl adjacent to an activating group) is 2. The molecule has 0 bridgehead atoms. The smallest absolute Gasteiger partial charge is 0.116 e. The normalized spacial score (nSPS) is 17.5. The van der Waals surface area contributed by atoms with Gasteiger partial charge in [-0.15, -0.1) is 0 Å². The molecule has 0 aromatic carbocycles. The minimum Gasteiger partial charge on any atom is -0.302 e. The molecule has 2 unspecified atom stereocenters. The van der Waals surface area contributed by atoms with Crippen LogP contribution >= 0.6 is 0 Å². The van der Waals surface area contributed by atoms with E-state index in [4.69, 9.17) is 5.26 Å². The van der Waals surface area contributed by atoms with E-state index in [0.717, 1.165) is 6.54 Å². The molecule has 2 atom stereocenters. The quantitative estimate of drug-likeness (QED) is 0.729. The maximum Gasteiger partial charge on any atom is 0.116 e. The summed E-state index contributed by atoms with van der Waals surface area (Å²) in [5, 5.41) is 12.1. The maximum absolute atomic E-state index is 9.06. The van der Waals surface area contributed by atoms with Gasteiger partial charge in [-0.25, -0.2) is 0 Å². The van der Waals surface area contributed by atoms with Crippen molar-refractivity contribution < 1.29 is 0 Å².